The number of alkyl halides is 2. The third-order valence-electron chi connectivity index (χ3n) is 2.00. The summed E-state index contributed by atoms with van der Waals surface area (Å²) in [5.74, 6) is -0.0218. The summed E-state index contributed by atoms with van der Waals surface area (Å²) in [4.78, 5) is 0. The van der Waals surface area contributed by atoms with E-state index in [-0.39, 0.29) is 17.7 Å². The molecule has 0 bridgehead atoms. The number of rotatable bonds is 3. The first-order valence-corrected chi connectivity index (χ1v) is 4.68. The van der Waals surface area contributed by atoms with Gasteiger partial charge in [-0.2, -0.15) is 0 Å². The second kappa shape index (κ2) is 4.02. The van der Waals surface area contributed by atoms with Gasteiger partial charge in [-0.1, -0.05) is 19.1 Å². The first kappa shape index (κ1) is 11.1. The molecule has 5 heteroatoms. The molecule has 14 heavy (non-hydrogen) atoms. The van der Waals surface area contributed by atoms with Gasteiger partial charge in [0.05, 0.1) is 5.69 Å². The summed E-state index contributed by atoms with van der Waals surface area (Å²) >= 11 is 0. The predicted octanol–water partition coefficient (Wildman–Crippen LogP) is 2.92. The quantitative estimate of drug-likeness (QED) is 0.756. The molecule has 0 spiro atoms. The van der Waals surface area contributed by atoms with Crippen molar-refractivity contribution in [2.24, 2.45) is 0 Å². The van der Waals surface area contributed by atoms with E-state index >= 15 is 0 Å². The molecule has 0 aromatic carbocycles. The van der Waals surface area contributed by atoms with E-state index in [1.54, 1.807) is 0 Å². The Balaban J connectivity index is 3.20. The molecule has 1 rings (SSSR count). The van der Waals surface area contributed by atoms with Crippen LogP contribution in [0.4, 0.5) is 8.78 Å². The first-order chi connectivity index (χ1) is 6.45. The third-order valence-corrected chi connectivity index (χ3v) is 2.00. The van der Waals surface area contributed by atoms with Crippen LogP contribution < -0.4 is 0 Å². The number of hydrogen-bond acceptors (Lipinski definition) is 2. The fraction of sp³-hybridized carbons (Fsp3) is 0.778. The molecule has 0 saturated heterocycles. The van der Waals surface area contributed by atoms with Crippen molar-refractivity contribution in [2.45, 2.75) is 46.1 Å². The maximum atomic E-state index is 12.7. The van der Waals surface area contributed by atoms with Gasteiger partial charge in [0.15, 0.2) is 0 Å². The van der Waals surface area contributed by atoms with E-state index in [0.29, 0.717) is 5.69 Å². The molecule has 0 saturated carbocycles. The lowest BCUT2D eigenvalue weighted by Gasteiger charge is -2.10. The van der Waals surface area contributed by atoms with Crippen LogP contribution >= 0.6 is 0 Å². The van der Waals surface area contributed by atoms with Crippen molar-refractivity contribution in [3.05, 3.63) is 11.4 Å². The number of halogens is 2. The molecule has 0 aliphatic carbocycles. The van der Waals surface area contributed by atoms with Crippen LogP contribution in [0.5, 0.6) is 0 Å². The summed E-state index contributed by atoms with van der Waals surface area (Å²) in [6, 6.07) is -0.0843. The van der Waals surface area contributed by atoms with Gasteiger partial charge >= 0.3 is 0 Å². The molecule has 80 valence electrons. The maximum absolute atomic E-state index is 12.7. The van der Waals surface area contributed by atoms with Crippen LogP contribution in [-0.4, -0.2) is 15.0 Å². The minimum Gasteiger partial charge on any atom is -0.241 e. The van der Waals surface area contributed by atoms with Gasteiger partial charge in [0.1, 0.15) is 5.69 Å². The lowest BCUT2D eigenvalue weighted by Crippen LogP contribution is -2.09. The highest BCUT2D eigenvalue weighted by atomic mass is 19.3. The van der Waals surface area contributed by atoms with Gasteiger partial charge in [-0.25, -0.2) is 13.5 Å². The third kappa shape index (κ3) is 1.91. The second-order valence-electron chi connectivity index (χ2n) is 3.85. The largest absolute Gasteiger partial charge is 0.281 e. The van der Waals surface area contributed by atoms with Gasteiger partial charge < -0.3 is 0 Å². The van der Waals surface area contributed by atoms with Gasteiger partial charge in [0.25, 0.3) is 6.43 Å². The number of nitrogens with zero attached hydrogens (tertiary/aromatic N) is 3. The van der Waals surface area contributed by atoms with Gasteiger partial charge in [-0.3, -0.25) is 0 Å². The van der Waals surface area contributed by atoms with Crippen LogP contribution in [0, 0.1) is 0 Å². The molecule has 0 fully saturated rings. The molecule has 0 atom stereocenters. The van der Waals surface area contributed by atoms with E-state index in [4.69, 9.17) is 0 Å². The van der Waals surface area contributed by atoms with E-state index in [1.807, 2.05) is 27.7 Å². The fourth-order valence-electron chi connectivity index (χ4n) is 1.32. The topological polar surface area (TPSA) is 30.7 Å². The maximum Gasteiger partial charge on any atom is 0.281 e. The average molecular weight is 203 g/mol. The number of hydrogen-bond donors (Lipinski definition) is 0. The summed E-state index contributed by atoms with van der Waals surface area (Å²) in [5.41, 5.74) is 0.351. The zero-order chi connectivity index (χ0) is 10.9. The summed E-state index contributed by atoms with van der Waals surface area (Å²) in [6.07, 6.45) is -2.51. The first-order valence-electron chi connectivity index (χ1n) is 4.68. The second-order valence-corrected chi connectivity index (χ2v) is 3.85. The van der Waals surface area contributed by atoms with Gasteiger partial charge in [-0.05, 0) is 19.8 Å². The Labute approximate surface area is 82.1 Å². The standard InChI is InChI=1S/C9H15F2N3/c1-5(2)7-8(9(10)11)14(6(3)4)13-12-7/h5-6,9H,1-4H3. The molecule has 0 aliphatic heterocycles. The van der Waals surface area contributed by atoms with Crippen molar-refractivity contribution < 1.29 is 8.78 Å². The average Bonchev–Trinajstić information content (AvgIpc) is 2.46. The number of aromatic nitrogens is 3. The Hall–Kier alpha value is -1.00. The van der Waals surface area contributed by atoms with Crippen molar-refractivity contribution in [3.63, 3.8) is 0 Å². The Morgan fingerprint density at radius 2 is 1.71 bits per heavy atom. The highest BCUT2D eigenvalue weighted by Gasteiger charge is 2.24. The molecule has 0 aliphatic rings. The lowest BCUT2D eigenvalue weighted by atomic mass is 10.1. The van der Waals surface area contributed by atoms with Gasteiger partial charge in [0, 0.05) is 6.04 Å². The van der Waals surface area contributed by atoms with Crippen LogP contribution in [-0.2, 0) is 0 Å². The fourth-order valence-corrected chi connectivity index (χ4v) is 1.32. The molecule has 0 amide bonds. The van der Waals surface area contributed by atoms with Gasteiger partial charge in [-0.15, -0.1) is 5.10 Å². The highest BCUT2D eigenvalue weighted by molar-refractivity contribution is 5.15. The van der Waals surface area contributed by atoms with Gasteiger partial charge in [0.2, 0.25) is 0 Å². The molecule has 3 nitrogen and oxygen atoms in total. The van der Waals surface area contributed by atoms with Crippen molar-refractivity contribution in [2.75, 3.05) is 0 Å². The van der Waals surface area contributed by atoms with Crippen LogP contribution in [0.15, 0.2) is 0 Å². The minimum atomic E-state index is -2.51. The summed E-state index contributed by atoms with van der Waals surface area (Å²) < 4.78 is 26.8. The highest BCUT2D eigenvalue weighted by Crippen LogP contribution is 2.28. The Morgan fingerprint density at radius 1 is 1.14 bits per heavy atom. The summed E-state index contributed by atoms with van der Waals surface area (Å²) in [6.45, 7) is 7.29. The minimum absolute atomic E-state index is 0.0218. The van der Waals surface area contributed by atoms with Crippen LogP contribution in [0.1, 0.15) is 57.5 Å². The molecule has 0 unspecified atom stereocenters. The summed E-state index contributed by atoms with van der Waals surface area (Å²) in [5, 5.41) is 7.54. The Kier molecular flexibility index (Phi) is 3.18. The predicted molar refractivity (Wildman–Crippen MR) is 49.5 cm³/mol. The van der Waals surface area contributed by atoms with Crippen molar-refractivity contribution in [3.8, 4) is 0 Å². The van der Waals surface area contributed by atoms with Crippen LogP contribution in [0.3, 0.4) is 0 Å². The SMILES string of the molecule is CC(C)c1nnn(C(C)C)c1C(F)F. The van der Waals surface area contributed by atoms with E-state index in [9.17, 15) is 8.78 Å². The monoisotopic (exact) mass is 203 g/mol. The van der Waals surface area contributed by atoms with E-state index in [2.05, 4.69) is 10.3 Å². The zero-order valence-electron chi connectivity index (χ0n) is 8.83. The Bertz CT molecular complexity index is 280. The van der Waals surface area contributed by atoms with Crippen molar-refractivity contribution >= 4 is 0 Å². The molecule has 0 N–H and O–H groups in total. The normalized spacial score (nSPS) is 12.1. The Morgan fingerprint density at radius 3 is 2.07 bits per heavy atom. The molecular weight excluding hydrogens is 188 g/mol. The molecule has 0 radical (unpaired) electrons. The van der Waals surface area contributed by atoms with Crippen molar-refractivity contribution in [1.82, 2.24) is 15.0 Å². The van der Waals surface area contributed by atoms with Crippen LogP contribution in [0.2, 0.25) is 0 Å². The smallest absolute Gasteiger partial charge is 0.241 e. The molecule has 1 aromatic heterocycles. The van der Waals surface area contributed by atoms with Crippen LogP contribution in [0.25, 0.3) is 0 Å². The molecule has 1 aromatic rings. The van der Waals surface area contributed by atoms with E-state index in [1.165, 1.54) is 4.68 Å². The lowest BCUT2D eigenvalue weighted by molar-refractivity contribution is 0.135. The molecule has 1 heterocycles. The summed E-state index contributed by atoms with van der Waals surface area (Å²) in [7, 11) is 0. The zero-order valence-corrected chi connectivity index (χ0v) is 8.83. The van der Waals surface area contributed by atoms with E-state index in [0.717, 1.165) is 0 Å². The molecular formula is C9H15F2N3. The van der Waals surface area contributed by atoms with E-state index < -0.39 is 6.43 Å². The van der Waals surface area contributed by atoms with Crippen molar-refractivity contribution in [1.29, 1.82) is 0 Å².